The Morgan fingerprint density at radius 3 is 2.94 bits per heavy atom. The van der Waals surface area contributed by atoms with Crippen molar-refractivity contribution in [2.75, 3.05) is 6.61 Å². The predicted octanol–water partition coefficient (Wildman–Crippen LogP) is 2.58. The minimum absolute atomic E-state index is 0.342. The Kier molecular flexibility index (Phi) is 6.69. The Balaban J connectivity index is 2.00. The fraction of sp³-hybridized carbons (Fsp3) is 0.692. The fourth-order valence-corrected chi connectivity index (χ4v) is 2.14. The third-order valence-electron chi connectivity index (χ3n) is 2.88. The number of rotatable bonds is 8. The summed E-state index contributed by atoms with van der Waals surface area (Å²) in [7, 11) is 0.629. The van der Waals surface area contributed by atoms with Crippen LogP contribution in [0.15, 0.2) is 24.3 Å². The van der Waals surface area contributed by atoms with Crippen LogP contribution in [0.4, 0.5) is 0 Å². The maximum absolute atomic E-state index is 9.00. The summed E-state index contributed by atoms with van der Waals surface area (Å²) >= 11 is 0. The monoisotopic (exact) mass is 238 g/mol. The van der Waals surface area contributed by atoms with Crippen molar-refractivity contribution in [2.45, 2.75) is 38.8 Å². The minimum atomic E-state index is -0.342. The number of hydrogen-bond acceptors (Lipinski definition) is 2. The molecule has 2 nitrogen and oxygen atoms in total. The third kappa shape index (κ3) is 6.25. The summed E-state index contributed by atoms with van der Waals surface area (Å²) in [6.07, 6.45) is 11.4. The smallest absolute Gasteiger partial charge is 0.226 e. The molecule has 0 spiro atoms. The van der Waals surface area contributed by atoms with Gasteiger partial charge in [0.25, 0.3) is 0 Å². The minimum Gasteiger partial charge on any atom is -0.418 e. The Hall–Kier alpha value is -0.383. The first-order chi connectivity index (χ1) is 7.74. The summed E-state index contributed by atoms with van der Waals surface area (Å²) < 4.78 is 5.37. The van der Waals surface area contributed by atoms with E-state index >= 15 is 0 Å². The molecule has 2 radical (unpaired) electrons. The summed E-state index contributed by atoms with van der Waals surface area (Å²) in [6.45, 7) is 4.76. The molecule has 1 aliphatic carbocycles. The molecule has 0 saturated heterocycles. The lowest BCUT2D eigenvalue weighted by Crippen LogP contribution is -1.97. The Bertz CT molecular complexity index is 236. The molecule has 1 fully saturated rings. The third-order valence-corrected chi connectivity index (χ3v) is 3.37. The van der Waals surface area contributed by atoms with Crippen LogP contribution in [-0.4, -0.2) is 27.6 Å². The van der Waals surface area contributed by atoms with Crippen molar-refractivity contribution in [3.05, 3.63) is 24.3 Å². The van der Waals surface area contributed by atoms with E-state index in [1.165, 1.54) is 19.3 Å². The molecule has 0 bridgehead atoms. The molecular weight excluding hydrogens is 216 g/mol. The molecule has 3 heteroatoms. The van der Waals surface area contributed by atoms with Crippen LogP contribution in [0, 0.1) is 11.8 Å². The van der Waals surface area contributed by atoms with Crippen molar-refractivity contribution in [1.29, 1.82) is 0 Å². The number of aliphatic hydroxyl groups is 1. The van der Waals surface area contributed by atoms with Crippen LogP contribution in [0.5, 0.6) is 0 Å². The van der Waals surface area contributed by atoms with Crippen molar-refractivity contribution in [3.8, 4) is 0 Å². The second kappa shape index (κ2) is 7.82. The molecule has 0 aromatic carbocycles. The number of hydrogen-bond donors (Lipinski definition) is 1. The van der Waals surface area contributed by atoms with Gasteiger partial charge in [-0.1, -0.05) is 24.3 Å². The molecule has 3 atom stereocenters. The summed E-state index contributed by atoms with van der Waals surface area (Å²) in [5.74, 6) is 1.77. The van der Waals surface area contributed by atoms with E-state index in [-0.39, 0.29) is 6.10 Å². The van der Waals surface area contributed by atoms with Crippen molar-refractivity contribution >= 4 is 9.76 Å². The molecule has 0 heterocycles. The van der Waals surface area contributed by atoms with Crippen LogP contribution in [-0.2, 0) is 4.43 Å². The van der Waals surface area contributed by atoms with Crippen molar-refractivity contribution in [1.82, 2.24) is 0 Å². The van der Waals surface area contributed by atoms with E-state index in [1.807, 2.05) is 12.2 Å². The van der Waals surface area contributed by atoms with Crippen molar-refractivity contribution < 1.29 is 9.53 Å². The van der Waals surface area contributed by atoms with Crippen LogP contribution in [0.3, 0.4) is 0 Å². The Labute approximate surface area is 101 Å². The Morgan fingerprint density at radius 2 is 2.25 bits per heavy atom. The highest BCUT2D eigenvalue weighted by molar-refractivity contribution is 6.24. The topological polar surface area (TPSA) is 29.5 Å². The molecule has 0 aromatic rings. The maximum atomic E-state index is 9.00. The Morgan fingerprint density at radius 1 is 1.44 bits per heavy atom. The van der Waals surface area contributed by atoms with Crippen LogP contribution < -0.4 is 0 Å². The van der Waals surface area contributed by atoms with E-state index in [9.17, 15) is 0 Å². The molecule has 1 saturated carbocycles. The lowest BCUT2D eigenvalue weighted by molar-refractivity contribution is 0.244. The quantitative estimate of drug-likeness (QED) is 0.400. The van der Waals surface area contributed by atoms with Gasteiger partial charge in [0.15, 0.2) is 0 Å². The van der Waals surface area contributed by atoms with E-state index in [1.54, 1.807) is 13.0 Å². The van der Waals surface area contributed by atoms with Crippen LogP contribution >= 0.6 is 0 Å². The van der Waals surface area contributed by atoms with Crippen molar-refractivity contribution in [3.63, 3.8) is 0 Å². The zero-order chi connectivity index (χ0) is 11.8. The molecule has 0 aliphatic heterocycles. The van der Waals surface area contributed by atoms with Gasteiger partial charge in [-0.05, 0) is 44.6 Å². The van der Waals surface area contributed by atoms with E-state index in [2.05, 4.69) is 12.6 Å². The average Bonchev–Trinajstić information content (AvgIpc) is 2.96. The molecule has 0 amide bonds. The van der Waals surface area contributed by atoms with Gasteiger partial charge in [0.1, 0.15) is 0 Å². The van der Waals surface area contributed by atoms with E-state index in [0.717, 1.165) is 18.4 Å². The number of aliphatic hydroxyl groups excluding tert-OH is 1. The highest BCUT2D eigenvalue weighted by atomic mass is 28.2. The first-order valence-electron chi connectivity index (χ1n) is 6.04. The summed E-state index contributed by atoms with van der Waals surface area (Å²) in [4.78, 5) is 0. The molecular formula is C13H22O2Si. The molecule has 1 rings (SSSR count). The van der Waals surface area contributed by atoms with Crippen LogP contribution in [0.2, 0.25) is 6.55 Å². The van der Waals surface area contributed by atoms with E-state index in [0.29, 0.717) is 9.76 Å². The van der Waals surface area contributed by atoms with Gasteiger partial charge in [0.05, 0.1) is 6.10 Å². The summed E-state index contributed by atoms with van der Waals surface area (Å²) in [5.41, 5.74) is 0. The lowest BCUT2D eigenvalue weighted by atomic mass is 10.2. The van der Waals surface area contributed by atoms with Crippen molar-refractivity contribution in [2.24, 2.45) is 11.8 Å². The first-order valence-corrected chi connectivity index (χ1v) is 7.44. The van der Waals surface area contributed by atoms with Gasteiger partial charge in [0, 0.05) is 6.61 Å². The second-order valence-electron chi connectivity index (χ2n) is 4.39. The maximum Gasteiger partial charge on any atom is 0.226 e. The SMILES string of the molecule is C[Si]OCCC1CC1C/C=C/C=C/C(C)O. The molecule has 3 unspecified atom stereocenters. The van der Waals surface area contributed by atoms with Gasteiger partial charge in [-0.15, -0.1) is 0 Å². The highest BCUT2D eigenvalue weighted by Gasteiger charge is 2.34. The van der Waals surface area contributed by atoms with Crippen LogP contribution in [0.25, 0.3) is 0 Å². The molecule has 1 aliphatic rings. The predicted molar refractivity (Wildman–Crippen MR) is 68.4 cm³/mol. The van der Waals surface area contributed by atoms with Gasteiger partial charge in [-0.2, -0.15) is 0 Å². The van der Waals surface area contributed by atoms with E-state index < -0.39 is 0 Å². The highest BCUT2D eigenvalue weighted by Crippen LogP contribution is 2.43. The zero-order valence-corrected chi connectivity index (χ0v) is 11.2. The van der Waals surface area contributed by atoms with E-state index in [4.69, 9.17) is 9.53 Å². The normalized spacial score (nSPS) is 26.7. The van der Waals surface area contributed by atoms with Gasteiger partial charge in [0.2, 0.25) is 9.76 Å². The lowest BCUT2D eigenvalue weighted by Gasteiger charge is -1.98. The largest absolute Gasteiger partial charge is 0.418 e. The van der Waals surface area contributed by atoms with Crippen LogP contribution in [0.1, 0.15) is 26.2 Å². The fourth-order valence-electron chi connectivity index (χ4n) is 1.82. The molecule has 0 aromatic heterocycles. The zero-order valence-electron chi connectivity index (χ0n) is 10.2. The van der Waals surface area contributed by atoms with Gasteiger partial charge in [-0.3, -0.25) is 0 Å². The standard InChI is InChI=1S/C13H22O2Si/c1-11(14)6-4-3-5-7-12-10-13(12)8-9-15-16-2/h3-6,11-14H,7-10H2,1-2H3/b5-3+,6-4+. The van der Waals surface area contributed by atoms with Gasteiger partial charge < -0.3 is 9.53 Å². The average molecular weight is 238 g/mol. The first kappa shape index (κ1) is 13.7. The summed E-state index contributed by atoms with van der Waals surface area (Å²) in [6, 6.07) is 0. The number of allylic oxidation sites excluding steroid dienone is 3. The molecule has 90 valence electrons. The second-order valence-corrected chi connectivity index (χ2v) is 5.08. The molecule has 1 N–H and O–H groups in total. The van der Waals surface area contributed by atoms with Gasteiger partial charge >= 0.3 is 0 Å². The summed E-state index contributed by atoms with van der Waals surface area (Å²) in [5, 5.41) is 9.00. The van der Waals surface area contributed by atoms with Gasteiger partial charge in [-0.25, -0.2) is 0 Å². The molecule has 16 heavy (non-hydrogen) atoms.